The summed E-state index contributed by atoms with van der Waals surface area (Å²) >= 11 is 0. The maximum Gasteiger partial charge on any atom is 0.441 e. The summed E-state index contributed by atoms with van der Waals surface area (Å²) in [6.07, 6.45) is 1.92. The van der Waals surface area contributed by atoms with Crippen LogP contribution in [-0.4, -0.2) is 36.3 Å². The molecule has 7 nitrogen and oxygen atoms in total. The Labute approximate surface area is 120 Å². The number of amides is 1. The fraction of sp³-hybridized carbons (Fsp3) is 0.357. The van der Waals surface area contributed by atoms with E-state index in [-0.39, 0.29) is 11.6 Å². The molecule has 2 heterocycles. The van der Waals surface area contributed by atoms with Crippen molar-refractivity contribution in [2.75, 3.05) is 20.2 Å². The van der Waals surface area contributed by atoms with Crippen molar-refractivity contribution in [2.45, 2.75) is 12.8 Å². The van der Waals surface area contributed by atoms with Gasteiger partial charge in [0.25, 0.3) is 0 Å². The van der Waals surface area contributed by atoms with E-state index >= 15 is 0 Å². The quantitative estimate of drug-likeness (QED) is 0.834. The van der Waals surface area contributed by atoms with Gasteiger partial charge in [0.2, 0.25) is 5.69 Å². The Balaban J connectivity index is 1.99. The van der Waals surface area contributed by atoms with Gasteiger partial charge in [0.05, 0.1) is 7.11 Å². The standard InChI is InChI=1S/C14H15N3O4/c1-20-11-6-4-10(5-7-11)17-12(14(19)21-15-17)13(18)16-8-2-3-9-16/h4-7H,2-3,8-9H2,1H3/p+1. The average molecular weight is 290 g/mol. The van der Waals surface area contributed by atoms with Gasteiger partial charge in [-0.2, -0.15) is 0 Å². The SMILES string of the molecule is COc1ccc(-[n+]2[nH]oc(=O)c2C(=O)N2CCCC2)cc1. The second kappa shape index (κ2) is 5.43. The van der Waals surface area contributed by atoms with Gasteiger partial charge < -0.3 is 9.64 Å². The van der Waals surface area contributed by atoms with Gasteiger partial charge in [-0.25, -0.2) is 4.79 Å². The van der Waals surface area contributed by atoms with Crippen LogP contribution >= 0.6 is 0 Å². The third kappa shape index (κ3) is 2.42. The lowest BCUT2D eigenvalue weighted by Gasteiger charge is -2.10. The molecule has 1 aliphatic rings. The molecular formula is C14H16N3O4+. The van der Waals surface area contributed by atoms with Crippen molar-refractivity contribution in [3.63, 3.8) is 0 Å². The number of hydrogen-bond donors (Lipinski definition) is 1. The van der Waals surface area contributed by atoms with Crippen LogP contribution in [0.5, 0.6) is 5.75 Å². The fourth-order valence-electron chi connectivity index (χ4n) is 2.44. The zero-order chi connectivity index (χ0) is 14.8. The number of benzene rings is 1. The first-order valence-corrected chi connectivity index (χ1v) is 6.78. The number of carbonyl (C=O) groups is 1. The van der Waals surface area contributed by atoms with Crippen molar-refractivity contribution in [1.29, 1.82) is 0 Å². The van der Waals surface area contributed by atoms with Crippen molar-refractivity contribution in [3.8, 4) is 11.4 Å². The van der Waals surface area contributed by atoms with Crippen LogP contribution in [0.4, 0.5) is 0 Å². The molecule has 3 rings (SSSR count). The maximum atomic E-state index is 12.4. The molecule has 7 heteroatoms. The third-order valence-corrected chi connectivity index (χ3v) is 3.57. The molecule has 0 aliphatic carbocycles. The lowest BCUT2D eigenvalue weighted by molar-refractivity contribution is -0.672. The monoisotopic (exact) mass is 290 g/mol. The van der Waals surface area contributed by atoms with E-state index in [9.17, 15) is 9.59 Å². The van der Waals surface area contributed by atoms with Gasteiger partial charge in [-0.15, -0.1) is 0 Å². The molecule has 21 heavy (non-hydrogen) atoms. The van der Waals surface area contributed by atoms with Crippen molar-refractivity contribution in [3.05, 3.63) is 40.4 Å². The number of nitrogens with one attached hydrogen (secondary N) is 1. The summed E-state index contributed by atoms with van der Waals surface area (Å²) in [6, 6.07) is 6.98. The molecule has 0 atom stereocenters. The Morgan fingerprint density at radius 3 is 2.57 bits per heavy atom. The van der Waals surface area contributed by atoms with E-state index in [0.717, 1.165) is 12.8 Å². The van der Waals surface area contributed by atoms with Crippen molar-refractivity contribution < 1.29 is 18.7 Å². The van der Waals surface area contributed by atoms with E-state index in [0.29, 0.717) is 24.5 Å². The van der Waals surface area contributed by atoms with Crippen molar-refractivity contribution in [2.24, 2.45) is 0 Å². The predicted molar refractivity (Wildman–Crippen MR) is 72.6 cm³/mol. The van der Waals surface area contributed by atoms with Crippen LogP contribution in [0.1, 0.15) is 23.3 Å². The predicted octanol–water partition coefficient (Wildman–Crippen LogP) is 0.489. The molecule has 1 amide bonds. The van der Waals surface area contributed by atoms with Gasteiger partial charge in [0, 0.05) is 25.2 Å². The zero-order valence-electron chi connectivity index (χ0n) is 11.7. The topological polar surface area (TPSA) is 79.4 Å². The first kappa shape index (κ1) is 13.4. The molecule has 1 aromatic heterocycles. The lowest BCUT2D eigenvalue weighted by atomic mass is 10.3. The second-order valence-corrected chi connectivity index (χ2v) is 4.86. The molecule has 0 spiro atoms. The van der Waals surface area contributed by atoms with Gasteiger partial charge in [-0.3, -0.25) is 9.32 Å². The maximum absolute atomic E-state index is 12.4. The largest absolute Gasteiger partial charge is 0.497 e. The number of H-pyrrole nitrogens is 1. The van der Waals surface area contributed by atoms with E-state index in [1.165, 1.54) is 4.68 Å². The number of aromatic amines is 1. The Kier molecular flexibility index (Phi) is 3.47. The molecule has 0 radical (unpaired) electrons. The minimum absolute atomic E-state index is 0.0120. The molecule has 2 aromatic rings. The summed E-state index contributed by atoms with van der Waals surface area (Å²) in [5.41, 5.74) is -0.0472. The highest BCUT2D eigenvalue weighted by Crippen LogP contribution is 2.13. The molecule has 0 saturated carbocycles. The van der Waals surface area contributed by atoms with Crippen LogP contribution in [0, 0.1) is 0 Å². The fourth-order valence-corrected chi connectivity index (χ4v) is 2.44. The van der Waals surface area contributed by atoms with Gasteiger partial charge in [0.1, 0.15) is 5.75 Å². The molecule has 1 aliphatic heterocycles. The summed E-state index contributed by atoms with van der Waals surface area (Å²) < 4.78 is 11.2. The zero-order valence-corrected chi connectivity index (χ0v) is 11.7. The third-order valence-electron chi connectivity index (χ3n) is 3.57. The Bertz CT molecular complexity index is 696. The van der Waals surface area contributed by atoms with Crippen LogP contribution < -0.4 is 15.0 Å². The molecule has 0 bridgehead atoms. The summed E-state index contributed by atoms with van der Waals surface area (Å²) in [6.45, 7) is 1.35. The first-order valence-electron chi connectivity index (χ1n) is 6.78. The van der Waals surface area contributed by atoms with Crippen molar-refractivity contribution >= 4 is 5.91 Å². The van der Waals surface area contributed by atoms with Crippen molar-refractivity contribution in [1.82, 2.24) is 10.2 Å². The molecule has 1 fully saturated rings. The molecule has 1 aromatic carbocycles. The van der Waals surface area contributed by atoms with Gasteiger partial charge in [0.15, 0.2) is 0 Å². The average Bonchev–Trinajstić information content (AvgIpc) is 3.16. The van der Waals surface area contributed by atoms with Crippen LogP contribution in [0.25, 0.3) is 5.69 Å². The number of rotatable bonds is 3. The first-order chi connectivity index (χ1) is 10.2. The number of ether oxygens (including phenoxy) is 1. The normalized spacial score (nSPS) is 14.4. The minimum atomic E-state index is -0.664. The number of carbonyl (C=O) groups excluding carboxylic acids is 1. The number of likely N-dealkylation sites (tertiary alicyclic amines) is 1. The summed E-state index contributed by atoms with van der Waals surface area (Å²) in [7, 11) is 1.57. The summed E-state index contributed by atoms with van der Waals surface area (Å²) in [5, 5.41) is 2.47. The smallest absolute Gasteiger partial charge is 0.441 e. The van der Waals surface area contributed by atoms with E-state index in [4.69, 9.17) is 9.26 Å². The highest BCUT2D eigenvalue weighted by Gasteiger charge is 2.35. The van der Waals surface area contributed by atoms with Crippen LogP contribution in [0.15, 0.2) is 33.6 Å². The Morgan fingerprint density at radius 1 is 1.29 bits per heavy atom. The molecule has 1 N–H and O–H groups in total. The van der Waals surface area contributed by atoms with Gasteiger partial charge >= 0.3 is 17.2 Å². The Morgan fingerprint density at radius 2 is 1.95 bits per heavy atom. The van der Waals surface area contributed by atoms with Gasteiger partial charge in [-0.05, 0) is 34.9 Å². The highest BCUT2D eigenvalue weighted by atomic mass is 16.5. The number of methoxy groups -OCH3 is 1. The molecule has 0 unspecified atom stereocenters. The molecule has 1 saturated heterocycles. The number of aromatic nitrogens is 2. The second-order valence-electron chi connectivity index (χ2n) is 4.86. The minimum Gasteiger partial charge on any atom is -0.497 e. The lowest BCUT2D eigenvalue weighted by Crippen LogP contribution is -2.45. The number of hydrogen-bond acceptors (Lipinski definition) is 4. The van der Waals surface area contributed by atoms with E-state index < -0.39 is 5.63 Å². The number of nitrogens with zero attached hydrogens (tertiary/aromatic N) is 2. The summed E-state index contributed by atoms with van der Waals surface area (Å²) in [4.78, 5) is 26.0. The highest BCUT2D eigenvalue weighted by molar-refractivity contribution is 5.90. The van der Waals surface area contributed by atoms with Crippen LogP contribution in [0.2, 0.25) is 0 Å². The molecule has 110 valence electrons. The van der Waals surface area contributed by atoms with E-state index in [1.54, 1.807) is 36.3 Å². The molecular weight excluding hydrogens is 274 g/mol. The summed E-state index contributed by atoms with van der Waals surface area (Å²) in [5.74, 6) is 0.385. The van der Waals surface area contributed by atoms with E-state index in [1.807, 2.05) is 0 Å². The Hall–Kier alpha value is -2.57. The van der Waals surface area contributed by atoms with Gasteiger partial charge in [-0.1, -0.05) is 0 Å². The van der Waals surface area contributed by atoms with E-state index in [2.05, 4.69) is 5.27 Å². The van der Waals surface area contributed by atoms with Crippen LogP contribution in [0.3, 0.4) is 0 Å². The van der Waals surface area contributed by atoms with Crippen LogP contribution in [-0.2, 0) is 0 Å².